The van der Waals surface area contributed by atoms with E-state index in [0.717, 1.165) is 44.3 Å². The number of nitrogens with one attached hydrogen (secondary N) is 1. The first kappa shape index (κ1) is 15.5. The number of amides is 1. The van der Waals surface area contributed by atoms with E-state index in [2.05, 4.69) is 10.2 Å². The van der Waals surface area contributed by atoms with E-state index in [-0.39, 0.29) is 23.3 Å². The predicted molar refractivity (Wildman–Crippen MR) is 85.2 cm³/mol. The van der Waals surface area contributed by atoms with E-state index in [0.29, 0.717) is 11.1 Å². The Morgan fingerprint density at radius 3 is 2.32 bits per heavy atom. The summed E-state index contributed by atoms with van der Waals surface area (Å²) in [6.45, 7) is 7.60. The molecule has 1 unspecified atom stereocenters. The fourth-order valence-corrected chi connectivity index (χ4v) is 4.12. The molecule has 0 bridgehead atoms. The molecule has 3 nitrogen and oxygen atoms in total. The van der Waals surface area contributed by atoms with Crippen LogP contribution in [-0.4, -0.2) is 29.4 Å². The molecule has 1 aromatic carbocycles. The molecule has 120 valence electrons. The highest BCUT2D eigenvalue weighted by molar-refractivity contribution is 5.87. The molecule has 0 aliphatic carbocycles. The van der Waals surface area contributed by atoms with E-state index in [9.17, 15) is 9.18 Å². The summed E-state index contributed by atoms with van der Waals surface area (Å²) in [5, 5.41) is 3.17. The molecular weight excluding hydrogens is 279 g/mol. The van der Waals surface area contributed by atoms with Gasteiger partial charge in [-0.1, -0.05) is 12.1 Å². The summed E-state index contributed by atoms with van der Waals surface area (Å²) in [7, 11) is 0. The fraction of sp³-hybridized carbons (Fsp3) is 0.611. The monoisotopic (exact) mass is 304 g/mol. The van der Waals surface area contributed by atoms with Gasteiger partial charge in [0.05, 0.1) is 6.04 Å². The Hall–Kier alpha value is -1.42. The number of rotatable bonds is 3. The maximum Gasteiger partial charge on any atom is 0.240 e. The Kier molecular flexibility index (Phi) is 3.98. The van der Waals surface area contributed by atoms with Gasteiger partial charge < -0.3 is 5.32 Å². The normalized spacial score (nSPS) is 21.6. The molecule has 4 heteroatoms. The van der Waals surface area contributed by atoms with Gasteiger partial charge in [0.25, 0.3) is 0 Å². The zero-order chi connectivity index (χ0) is 15.9. The summed E-state index contributed by atoms with van der Waals surface area (Å²) in [6, 6.07) is 3.58. The third-order valence-corrected chi connectivity index (χ3v) is 5.37. The zero-order valence-corrected chi connectivity index (χ0v) is 13.7. The molecule has 22 heavy (non-hydrogen) atoms. The van der Waals surface area contributed by atoms with Crippen molar-refractivity contribution in [2.45, 2.75) is 58.0 Å². The average molecular weight is 304 g/mol. The number of fused-ring (bicyclic) bond motifs is 1. The van der Waals surface area contributed by atoms with Gasteiger partial charge in [0.1, 0.15) is 11.4 Å². The summed E-state index contributed by atoms with van der Waals surface area (Å²) in [5.74, 6) is -0.00624. The van der Waals surface area contributed by atoms with Crippen LogP contribution in [0.1, 0.15) is 55.3 Å². The highest BCUT2D eigenvalue weighted by atomic mass is 19.1. The lowest BCUT2D eigenvalue weighted by atomic mass is 9.92. The molecule has 2 heterocycles. The number of carbonyl (C=O) groups is 1. The molecule has 0 aromatic heterocycles. The smallest absolute Gasteiger partial charge is 0.240 e. The molecular formula is C18H25FN2O. The van der Waals surface area contributed by atoms with E-state index in [4.69, 9.17) is 0 Å². The van der Waals surface area contributed by atoms with E-state index in [1.807, 2.05) is 19.1 Å². The van der Waals surface area contributed by atoms with Gasteiger partial charge in [-0.25, -0.2) is 4.39 Å². The Morgan fingerprint density at radius 1 is 1.23 bits per heavy atom. The summed E-state index contributed by atoms with van der Waals surface area (Å²) in [4.78, 5) is 15.2. The minimum atomic E-state index is -0.279. The van der Waals surface area contributed by atoms with Crippen LogP contribution in [0.25, 0.3) is 0 Å². The van der Waals surface area contributed by atoms with Crippen LogP contribution in [0, 0.1) is 19.7 Å². The number of halogens is 1. The summed E-state index contributed by atoms with van der Waals surface area (Å²) in [6.07, 6.45) is 4.15. The number of hydrogen-bond acceptors (Lipinski definition) is 2. The highest BCUT2D eigenvalue weighted by Crippen LogP contribution is 2.39. The van der Waals surface area contributed by atoms with Crippen molar-refractivity contribution in [1.82, 2.24) is 10.2 Å². The van der Waals surface area contributed by atoms with Gasteiger partial charge in [-0.3, -0.25) is 9.69 Å². The van der Waals surface area contributed by atoms with Gasteiger partial charge in [-0.2, -0.15) is 0 Å². The van der Waals surface area contributed by atoms with Crippen LogP contribution in [-0.2, 0) is 4.79 Å². The van der Waals surface area contributed by atoms with E-state index in [1.165, 1.54) is 0 Å². The van der Waals surface area contributed by atoms with Crippen LogP contribution >= 0.6 is 0 Å². The minimum absolute atomic E-state index is 0.0945. The quantitative estimate of drug-likeness (QED) is 0.929. The Labute approximate surface area is 131 Å². The summed E-state index contributed by atoms with van der Waals surface area (Å²) < 4.78 is 13.8. The van der Waals surface area contributed by atoms with Crippen molar-refractivity contribution in [3.8, 4) is 0 Å². The number of hydrogen-bond donors (Lipinski definition) is 1. The molecule has 1 atom stereocenters. The fourth-order valence-electron chi connectivity index (χ4n) is 4.12. The van der Waals surface area contributed by atoms with Gasteiger partial charge in [0, 0.05) is 0 Å². The third-order valence-electron chi connectivity index (χ3n) is 5.37. The van der Waals surface area contributed by atoms with Crippen molar-refractivity contribution < 1.29 is 9.18 Å². The first-order chi connectivity index (χ1) is 10.4. The first-order valence-corrected chi connectivity index (χ1v) is 8.27. The third kappa shape index (κ3) is 2.43. The van der Waals surface area contributed by atoms with Gasteiger partial charge in [0.2, 0.25) is 5.91 Å². The van der Waals surface area contributed by atoms with Crippen LogP contribution < -0.4 is 5.32 Å². The SMILES string of the molecule is Cc1cc(C(C)NC(=O)C23CCCN2CCC3)cc(C)c1F. The highest BCUT2D eigenvalue weighted by Gasteiger charge is 2.50. The standard InChI is InChI=1S/C18H25FN2O/c1-12-10-15(11-13(2)16(12)19)14(3)20-17(22)18-6-4-8-21(18)9-5-7-18/h10-11,14H,4-9H2,1-3H3,(H,20,22). The lowest BCUT2D eigenvalue weighted by Gasteiger charge is -2.32. The topological polar surface area (TPSA) is 32.3 Å². The maximum absolute atomic E-state index is 13.8. The van der Waals surface area contributed by atoms with Crippen molar-refractivity contribution in [2.75, 3.05) is 13.1 Å². The van der Waals surface area contributed by atoms with Gasteiger partial charge in [-0.15, -0.1) is 0 Å². The second kappa shape index (κ2) is 5.65. The van der Waals surface area contributed by atoms with Crippen molar-refractivity contribution in [2.24, 2.45) is 0 Å². The largest absolute Gasteiger partial charge is 0.348 e. The molecule has 1 N–H and O–H groups in total. The number of aryl methyl sites for hydroxylation is 2. The summed E-state index contributed by atoms with van der Waals surface area (Å²) >= 11 is 0. The number of nitrogens with zero attached hydrogens (tertiary/aromatic N) is 1. The predicted octanol–water partition coefficient (Wildman–Crippen LogP) is 3.25. The molecule has 2 aliphatic rings. The Bertz CT molecular complexity index is 566. The van der Waals surface area contributed by atoms with E-state index >= 15 is 0 Å². The zero-order valence-electron chi connectivity index (χ0n) is 13.7. The lowest BCUT2D eigenvalue weighted by Crippen LogP contribution is -2.52. The molecule has 3 rings (SSSR count). The molecule has 0 radical (unpaired) electrons. The van der Waals surface area contributed by atoms with Gasteiger partial charge in [0.15, 0.2) is 0 Å². The Morgan fingerprint density at radius 2 is 1.77 bits per heavy atom. The van der Waals surface area contributed by atoms with Crippen LogP contribution in [0.15, 0.2) is 12.1 Å². The van der Waals surface area contributed by atoms with Crippen molar-refractivity contribution >= 4 is 5.91 Å². The number of benzene rings is 1. The molecule has 2 saturated heterocycles. The maximum atomic E-state index is 13.8. The van der Waals surface area contributed by atoms with E-state index in [1.54, 1.807) is 13.8 Å². The molecule has 2 fully saturated rings. The van der Waals surface area contributed by atoms with Crippen molar-refractivity contribution in [3.05, 3.63) is 34.6 Å². The Balaban J connectivity index is 1.77. The van der Waals surface area contributed by atoms with Crippen LogP contribution in [0.3, 0.4) is 0 Å². The van der Waals surface area contributed by atoms with Crippen LogP contribution in [0.5, 0.6) is 0 Å². The van der Waals surface area contributed by atoms with Crippen molar-refractivity contribution in [1.29, 1.82) is 0 Å². The first-order valence-electron chi connectivity index (χ1n) is 8.27. The minimum Gasteiger partial charge on any atom is -0.348 e. The lowest BCUT2D eigenvalue weighted by molar-refractivity contribution is -0.131. The average Bonchev–Trinajstić information content (AvgIpc) is 3.04. The number of carbonyl (C=O) groups excluding carboxylic acids is 1. The van der Waals surface area contributed by atoms with E-state index < -0.39 is 0 Å². The molecule has 1 aromatic rings. The summed E-state index contributed by atoms with van der Waals surface area (Å²) in [5.41, 5.74) is 1.97. The van der Waals surface area contributed by atoms with Crippen LogP contribution in [0.4, 0.5) is 4.39 Å². The van der Waals surface area contributed by atoms with Gasteiger partial charge in [-0.05, 0) is 76.2 Å². The second-order valence-electron chi connectivity index (χ2n) is 6.89. The molecule has 0 spiro atoms. The molecule has 1 amide bonds. The molecule has 2 aliphatic heterocycles. The van der Waals surface area contributed by atoms with Crippen molar-refractivity contribution in [3.63, 3.8) is 0 Å². The van der Waals surface area contributed by atoms with Crippen LogP contribution in [0.2, 0.25) is 0 Å². The second-order valence-corrected chi connectivity index (χ2v) is 6.89. The molecule has 0 saturated carbocycles. The van der Waals surface area contributed by atoms with Gasteiger partial charge >= 0.3 is 0 Å².